The highest BCUT2D eigenvalue weighted by Gasteiger charge is 2.34. The first-order valence-corrected chi connectivity index (χ1v) is 5.71. The first-order chi connectivity index (χ1) is 6.29. The maximum Gasteiger partial charge on any atom is 0.0698 e. The molecule has 2 aliphatic rings. The zero-order chi connectivity index (χ0) is 9.26. The summed E-state index contributed by atoms with van der Waals surface area (Å²) < 4.78 is 0. The Morgan fingerprint density at radius 2 is 1.77 bits per heavy atom. The van der Waals surface area contributed by atoms with Gasteiger partial charge in [-0.2, -0.15) is 0 Å². The SMILES string of the molecule is C[C@H]1CCC[C@@H](O)[C@@H]1N1CCCC1. The van der Waals surface area contributed by atoms with Crippen molar-refractivity contribution in [3.05, 3.63) is 0 Å². The van der Waals surface area contributed by atoms with E-state index >= 15 is 0 Å². The maximum absolute atomic E-state index is 9.96. The fourth-order valence-electron chi connectivity index (χ4n) is 3.01. The highest BCUT2D eigenvalue weighted by molar-refractivity contribution is 4.89. The fourth-order valence-corrected chi connectivity index (χ4v) is 3.01. The number of nitrogens with zero attached hydrogens (tertiary/aromatic N) is 1. The molecule has 1 N–H and O–H groups in total. The van der Waals surface area contributed by atoms with Crippen molar-refractivity contribution in [3.63, 3.8) is 0 Å². The molecule has 0 spiro atoms. The Hall–Kier alpha value is -0.0800. The molecule has 1 aliphatic carbocycles. The van der Waals surface area contributed by atoms with E-state index in [1.165, 1.54) is 38.8 Å². The number of aliphatic hydroxyl groups is 1. The summed E-state index contributed by atoms with van der Waals surface area (Å²) in [5, 5.41) is 9.96. The molecular weight excluding hydrogens is 162 g/mol. The zero-order valence-corrected chi connectivity index (χ0v) is 8.58. The van der Waals surface area contributed by atoms with E-state index in [1.807, 2.05) is 0 Å². The van der Waals surface area contributed by atoms with Gasteiger partial charge in [0.1, 0.15) is 0 Å². The average molecular weight is 183 g/mol. The molecule has 0 unspecified atom stereocenters. The molecule has 0 radical (unpaired) electrons. The third kappa shape index (κ3) is 1.89. The van der Waals surface area contributed by atoms with Crippen molar-refractivity contribution in [1.82, 2.24) is 4.90 Å². The largest absolute Gasteiger partial charge is 0.391 e. The molecule has 13 heavy (non-hydrogen) atoms. The van der Waals surface area contributed by atoms with Crippen LogP contribution in [0.2, 0.25) is 0 Å². The molecule has 0 aromatic rings. The lowest BCUT2D eigenvalue weighted by Crippen LogP contribution is -2.48. The van der Waals surface area contributed by atoms with Crippen LogP contribution >= 0.6 is 0 Å². The van der Waals surface area contributed by atoms with E-state index < -0.39 is 0 Å². The van der Waals surface area contributed by atoms with Gasteiger partial charge in [-0.15, -0.1) is 0 Å². The van der Waals surface area contributed by atoms with Gasteiger partial charge < -0.3 is 5.11 Å². The summed E-state index contributed by atoms with van der Waals surface area (Å²) in [6, 6.07) is 0.469. The molecule has 2 nitrogen and oxygen atoms in total. The first kappa shape index (κ1) is 9.47. The smallest absolute Gasteiger partial charge is 0.0698 e. The number of likely N-dealkylation sites (tertiary alicyclic amines) is 1. The van der Waals surface area contributed by atoms with E-state index in [-0.39, 0.29) is 6.10 Å². The summed E-state index contributed by atoms with van der Waals surface area (Å²) in [7, 11) is 0. The minimum Gasteiger partial charge on any atom is -0.391 e. The van der Waals surface area contributed by atoms with E-state index in [2.05, 4.69) is 11.8 Å². The molecule has 2 fully saturated rings. The Bertz CT molecular complexity index is 155. The van der Waals surface area contributed by atoms with Crippen molar-refractivity contribution in [2.24, 2.45) is 5.92 Å². The number of hydrogen-bond donors (Lipinski definition) is 1. The van der Waals surface area contributed by atoms with Gasteiger partial charge in [0.2, 0.25) is 0 Å². The lowest BCUT2D eigenvalue weighted by Gasteiger charge is -2.39. The van der Waals surface area contributed by atoms with Gasteiger partial charge in [-0.1, -0.05) is 13.3 Å². The normalized spacial score (nSPS) is 42.5. The summed E-state index contributed by atoms with van der Waals surface area (Å²) >= 11 is 0. The summed E-state index contributed by atoms with van der Waals surface area (Å²) in [4.78, 5) is 2.51. The zero-order valence-electron chi connectivity index (χ0n) is 8.58. The summed E-state index contributed by atoms with van der Waals surface area (Å²) in [5.41, 5.74) is 0. The Morgan fingerprint density at radius 3 is 2.38 bits per heavy atom. The fraction of sp³-hybridized carbons (Fsp3) is 1.00. The number of rotatable bonds is 1. The van der Waals surface area contributed by atoms with Gasteiger partial charge in [-0.05, 0) is 44.7 Å². The van der Waals surface area contributed by atoms with Crippen molar-refractivity contribution in [1.29, 1.82) is 0 Å². The van der Waals surface area contributed by atoms with Crippen LogP contribution in [0, 0.1) is 5.92 Å². The van der Waals surface area contributed by atoms with Gasteiger partial charge in [0.05, 0.1) is 6.10 Å². The molecule has 0 aromatic heterocycles. The van der Waals surface area contributed by atoms with Crippen LogP contribution in [0.4, 0.5) is 0 Å². The molecule has 0 amide bonds. The molecule has 1 saturated heterocycles. The molecule has 2 rings (SSSR count). The standard InChI is InChI=1S/C11H21NO/c1-9-5-4-6-10(13)11(9)12-7-2-3-8-12/h9-11,13H,2-8H2,1H3/t9-,10+,11+/m0/s1. The quantitative estimate of drug-likeness (QED) is 0.668. The van der Waals surface area contributed by atoms with Crippen LogP contribution in [0.1, 0.15) is 39.0 Å². The Labute approximate surface area is 80.9 Å². The lowest BCUT2D eigenvalue weighted by molar-refractivity contribution is 0.00189. The summed E-state index contributed by atoms with van der Waals surface area (Å²) in [6.07, 6.45) is 6.14. The molecule has 76 valence electrons. The summed E-state index contributed by atoms with van der Waals surface area (Å²) in [5.74, 6) is 0.696. The molecule has 2 heteroatoms. The average Bonchev–Trinajstić information content (AvgIpc) is 2.57. The van der Waals surface area contributed by atoms with Crippen LogP contribution in [-0.4, -0.2) is 35.2 Å². The molecule has 1 saturated carbocycles. The van der Waals surface area contributed by atoms with Crippen molar-refractivity contribution >= 4 is 0 Å². The highest BCUT2D eigenvalue weighted by Crippen LogP contribution is 2.30. The predicted octanol–water partition coefficient (Wildman–Crippen LogP) is 1.63. The van der Waals surface area contributed by atoms with E-state index in [1.54, 1.807) is 0 Å². The molecule has 1 heterocycles. The molecule has 0 aromatic carbocycles. The highest BCUT2D eigenvalue weighted by atomic mass is 16.3. The van der Waals surface area contributed by atoms with Gasteiger partial charge >= 0.3 is 0 Å². The minimum absolute atomic E-state index is 0.0538. The monoisotopic (exact) mass is 183 g/mol. The third-order valence-corrected chi connectivity index (χ3v) is 3.70. The van der Waals surface area contributed by atoms with Gasteiger partial charge in [0.25, 0.3) is 0 Å². The number of aliphatic hydroxyl groups excluding tert-OH is 1. The van der Waals surface area contributed by atoms with E-state index in [9.17, 15) is 5.11 Å². The van der Waals surface area contributed by atoms with Crippen LogP contribution in [0.15, 0.2) is 0 Å². The van der Waals surface area contributed by atoms with E-state index in [0.29, 0.717) is 12.0 Å². The maximum atomic E-state index is 9.96. The second-order valence-corrected chi connectivity index (χ2v) is 4.71. The summed E-state index contributed by atoms with van der Waals surface area (Å²) in [6.45, 7) is 4.73. The van der Waals surface area contributed by atoms with Crippen LogP contribution in [0.5, 0.6) is 0 Å². The van der Waals surface area contributed by atoms with Crippen molar-refractivity contribution < 1.29 is 5.11 Å². The van der Waals surface area contributed by atoms with Crippen LogP contribution in [0.25, 0.3) is 0 Å². The molecular formula is C11H21NO. The third-order valence-electron chi connectivity index (χ3n) is 3.70. The van der Waals surface area contributed by atoms with Gasteiger partial charge in [-0.3, -0.25) is 4.90 Å². The molecule has 1 aliphatic heterocycles. The number of hydrogen-bond acceptors (Lipinski definition) is 2. The molecule has 3 atom stereocenters. The van der Waals surface area contributed by atoms with Gasteiger partial charge in [0.15, 0.2) is 0 Å². The van der Waals surface area contributed by atoms with Gasteiger partial charge in [0, 0.05) is 6.04 Å². The van der Waals surface area contributed by atoms with E-state index in [4.69, 9.17) is 0 Å². The lowest BCUT2D eigenvalue weighted by atomic mass is 9.83. The van der Waals surface area contributed by atoms with Crippen LogP contribution in [-0.2, 0) is 0 Å². The van der Waals surface area contributed by atoms with Crippen molar-refractivity contribution in [3.8, 4) is 0 Å². The molecule has 0 bridgehead atoms. The Balaban J connectivity index is 2.00. The van der Waals surface area contributed by atoms with Crippen molar-refractivity contribution in [2.45, 2.75) is 51.2 Å². The van der Waals surface area contributed by atoms with Crippen molar-refractivity contribution in [2.75, 3.05) is 13.1 Å². The van der Waals surface area contributed by atoms with Crippen LogP contribution in [0.3, 0.4) is 0 Å². The van der Waals surface area contributed by atoms with Gasteiger partial charge in [-0.25, -0.2) is 0 Å². The van der Waals surface area contributed by atoms with E-state index in [0.717, 1.165) is 6.42 Å². The first-order valence-electron chi connectivity index (χ1n) is 5.71. The second-order valence-electron chi connectivity index (χ2n) is 4.71. The second kappa shape index (κ2) is 3.97. The Kier molecular flexibility index (Phi) is 2.89. The van der Waals surface area contributed by atoms with Crippen LogP contribution < -0.4 is 0 Å². The Morgan fingerprint density at radius 1 is 1.08 bits per heavy atom. The minimum atomic E-state index is -0.0538. The topological polar surface area (TPSA) is 23.5 Å². The predicted molar refractivity (Wildman–Crippen MR) is 53.6 cm³/mol.